The predicted molar refractivity (Wildman–Crippen MR) is 79.8 cm³/mol. The summed E-state index contributed by atoms with van der Waals surface area (Å²) in [7, 11) is -3.88. The van der Waals surface area contributed by atoms with Gasteiger partial charge in [-0.05, 0) is 48.9 Å². The lowest BCUT2D eigenvalue weighted by molar-refractivity contribution is 0.477. The number of anilines is 1. The predicted octanol–water partition coefficient (Wildman–Crippen LogP) is 3.03. The monoisotopic (exact) mass is 322 g/mol. The van der Waals surface area contributed by atoms with E-state index in [9.17, 15) is 13.5 Å². The van der Waals surface area contributed by atoms with Crippen LogP contribution in [0.15, 0.2) is 41.3 Å². The van der Waals surface area contributed by atoms with Gasteiger partial charge in [-0.15, -0.1) is 0 Å². The number of rotatable bonds is 3. The molecule has 0 amide bonds. The van der Waals surface area contributed by atoms with Crippen molar-refractivity contribution in [1.82, 2.24) is 0 Å². The molecule has 2 rings (SSSR count). The van der Waals surface area contributed by atoms with Crippen molar-refractivity contribution in [2.75, 3.05) is 4.72 Å². The molecule has 7 heteroatoms. The van der Waals surface area contributed by atoms with Crippen LogP contribution >= 0.6 is 11.6 Å². The lowest BCUT2D eigenvalue weighted by Gasteiger charge is -2.10. The van der Waals surface area contributed by atoms with Gasteiger partial charge in [0.1, 0.15) is 5.75 Å². The Morgan fingerprint density at radius 1 is 1.24 bits per heavy atom. The lowest BCUT2D eigenvalue weighted by Crippen LogP contribution is -2.13. The molecule has 0 heterocycles. The highest BCUT2D eigenvalue weighted by Crippen LogP contribution is 2.29. The molecule has 0 aliphatic carbocycles. The largest absolute Gasteiger partial charge is 0.506 e. The summed E-state index contributed by atoms with van der Waals surface area (Å²) in [6, 6.07) is 10.2. The number of halogens is 1. The molecule has 0 fully saturated rings. The van der Waals surface area contributed by atoms with Gasteiger partial charge in [-0.1, -0.05) is 11.6 Å². The van der Waals surface area contributed by atoms with Crippen molar-refractivity contribution >= 4 is 27.3 Å². The van der Waals surface area contributed by atoms with Crippen molar-refractivity contribution in [2.45, 2.75) is 11.8 Å². The van der Waals surface area contributed by atoms with E-state index in [4.69, 9.17) is 16.9 Å². The number of hydrogen-bond acceptors (Lipinski definition) is 4. The average Bonchev–Trinajstić information content (AvgIpc) is 2.42. The Labute approximate surface area is 127 Å². The van der Waals surface area contributed by atoms with Crippen LogP contribution in [0.25, 0.3) is 0 Å². The van der Waals surface area contributed by atoms with Crippen LogP contribution in [0, 0.1) is 18.3 Å². The first-order valence-corrected chi connectivity index (χ1v) is 7.71. The number of sulfonamides is 1. The molecule has 0 unspecified atom stereocenters. The maximum Gasteiger partial charge on any atom is 0.262 e. The number of nitrogens with one attached hydrogen (secondary N) is 1. The highest BCUT2D eigenvalue weighted by Gasteiger charge is 2.17. The molecule has 2 N–H and O–H groups in total. The summed E-state index contributed by atoms with van der Waals surface area (Å²) in [5.41, 5.74) is 0.944. The van der Waals surface area contributed by atoms with Crippen molar-refractivity contribution < 1.29 is 13.5 Å². The quantitative estimate of drug-likeness (QED) is 0.850. The van der Waals surface area contributed by atoms with E-state index in [1.807, 2.05) is 6.07 Å². The zero-order chi connectivity index (χ0) is 15.6. The number of aromatic hydroxyl groups is 1. The molecular formula is C14H11ClN2O3S. The van der Waals surface area contributed by atoms with Crippen LogP contribution in [0.3, 0.4) is 0 Å². The Morgan fingerprint density at radius 2 is 1.95 bits per heavy atom. The molecule has 0 bridgehead atoms. The fourth-order valence-electron chi connectivity index (χ4n) is 1.72. The summed E-state index contributed by atoms with van der Waals surface area (Å²) < 4.78 is 26.8. The van der Waals surface area contributed by atoms with Gasteiger partial charge < -0.3 is 5.11 Å². The Hall–Kier alpha value is -2.23. The van der Waals surface area contributed by atoms with Gasteiger partial charge in [0.25, 0.3) is 10.0 Å². The van der Waals surface area contributed by atoms with Gasteiger partial charge in [-0.2, -0.15) is 5.26 Å². The molecule has 5 nitrogen and oxygen atoms in total. The second-order valence-corrected chi connectivity index (χ2v) is 6.47. The van der Waals surface area contributed by atoms with Crippen LogP contribution < -0.4 is 4.72 Å². The summed E-state index contributed by atoms with van der Waals surface area (Å²) in [6.45, 7) is 1.65. The third-order valence-corrected chi connectivity index (χ3v) is 4.43. The van der Waals surface area contributed by atoms with E-state index in [0.29, 0.717) is 16.1 Å². The smallest absolute Gasteiger partial charge is 0.262 e. The highest BCUT2D eigenvalue weighted by molar-refractivity contribution is 7.92. The molecule has 0 radical (unpaired) electrons. The van der Waals surface area contributed by atoms with Crippen molar-refractivity contribution in [3.63, 3.8) is 0 Å². The molecule has 0 aromatic heterocycles. The fourth-order valence-corrected chi connectivity index (χ4v) is 3.04. The molecule has 0 aliphatic rings. The van der Waals surface area contributed by atoms with Crippen molar-refractivity contribution in [3.05, 3.63) is 52.5 Å². The number of phenolic OH excluding ortho intramolecular Hbond substituents is 1. The number of hydrogen-bond donors (Lipinski definition) is 2. The third kappa shape index (κ3) is 3.27. The first-order chi connectivity index (χ1) is 9.83. The van der Waals surface area contributed by atoms with Crippen LogP contribution in [0.4, 0.5) is 5.69 Å². The Morgan fingerprint density at radius 3 is 2.57 bits per heavy atom. The summed E-state index contributed by atoms with van der Waals surface area (Å²) in [5.74, 6) is -0.228. The SMILES string of the molecule is Cc1cc(S(=O)(=O)Nc2cc(Cl)ccc2O)ccc1C#N. The molecule has 2 aromatic rings. The van der Waals surface area contributed by atoms with Crippen LogP contribution in [-0.4, -0.2) is 13.5 Å². The topological polar surface area (TPSA) is 90.2 Å². The zero-order valence-corrected chi connectivity index (χ0v) is 12.5. The molecular weight excluding hydrogens is 312 g/mol. The minimum absolute atomic E-state index is 0.00150. The molecule has 2 aromatic carbocycles. The van der Waals surface area contributed by atoms with E-state index < -0.39 is 10.0 Å². The van der Waals surface area contributed by atoms with Gasteiger partial charge in [0.2, 0.25) is 0 Å². The van der Waals surface area contributed by atoms with Crippen LogP contribution in [0.2, 0.25) is 5.02 Å². The molecule has 0 spiro atoms. The maximum absolute atomic E-state index is 12.3. The van der Waals surface area contributed by atoms with Gasteiger partial charge in [-0.25, -0.2) is 8.42 Å². The Bertz CT molecular complexity index is 842. The van der Waals surface area contributed by atoms with E-state index in [0.717, 1.165) is 0 Å². The molecule has 0 atom stereocenters. The van der Waals surface area contributed by atoms with Gasteiger partial charge in [0.05, 0.1) is 22.2 Å². The number of benzene rings is 2. The van der Waals surface area contributed by atoms with Gasteiger partial charge in [0, 0.05) is 5.02 Å². The Kier molecular flexibility index (Phi) is 4.07. The van der Waals surface area contributed by atoms with Crippen molar-refractivity contribution in [3.8, 4) is 11.8 Å². The normalized spacial score (nSPS) is 10.9. The standard InChI is InChI=1S/C14H11ClN2O3S/c1-9-6-12(4-2-10(9)8-16)21(19,20)17-13-7-11(15)3-5-14(13)18/h2-7,17-18H,1H3. The van der Waals surface area contributed by atoms with Crippen LogP contribution in [0.5, 0.6) is 5.75 Å². The molecule has 0 saturated carbocycles. The minimum atomic E-state index is -3.88. The first-order valence-electron chi connectivity index (χ1n) is 5.85. The number of nitriles is 1. The number of aryl methyl sites for hydroxylation is 1. The Balaban J connectivity index is 2.41. The lowest BCUT2D eigenvalue weighted by atomic mass is 10.1. The number of nitrogens with zero attached hydrogens (tertiary/aromatic N) is 1. The maximum atomic E-state index is 12.3. The molecule has 0 aliphatic heterocycles. The van der Waals surface area contributed by atoms with E-state index in [1.165, 1.54) is 36.4 Å². The second-order valence-electron chi connectivity index (χ2n) is 4.36. The van der Waals surface area contributed by atoms with Crippen LogP contribution in [-0.2, 0) is 10.0 Å². The van der Waals surface area contributed by atoms with E-state index in [2.05, 4.69) is 4.72 Å². The van der Waals surface area contributed by atoms with E-state index in [-0.39, 0.29) is 16.3 Å². The molecule has 108 valence electrons. The van der Waals surface area contributed by atoms with Gasteiger partial charge >= 0.3 is 0 Å². The third-order valence-electron chi connectivity index (χ3n) is 2.83. The van der Waals surface area contributed by atoms with Crippen molar-refractivity contribution in [2.24, 2.45) is 0 Å². The van der Waals surface area contributed by atoms with E-state index >= 15 is 0 Å². The van der Waals surface area contributed by atoms with Gasteiger partial charge in [-0.3, -0.25) is 4.72 Å². The second kappa shape index (κ2) is 5.64. The van der Waals surface area contributed by atoms with Crippen molar-refractivity contribution in [1.29, 1.82) is 5.26 Å². The number of phenols is 1. The van der Waals surface area contributed by atoms with E-state index in [1.54, 1.807) is 6.92 Å². The highest BCUT2D eigenvalue weighted by atomic mass is 35.5. The summed E-state index contributed by atoms with van der Waals surface area (Å²) in [4.78, 5) is -0.00150. The van der Waals surface area contributed by atoms with Gasteiger partial charge in [0.15, 0.2) is 0 Å². The zero-order valence-electron chi connectivity index (χ0n) is 11.0. The summed E-state index contributed by atoms with van der Waals surface area (Å²) >= 11 is 5.77. The molecule has 21 heavy (non-hydrogen) atoms. The minimum Gasteiger partial charge on any atom is -0.506 e. The first kappa shape index (κ1) is 15.2. The van der Waals surface area contributed by atoms with Crippen LogP contribution in [0.1, 0.15) is 11.1 Å². The average molecular weight is 323 g/mol. The summed E-state index contributed by atoms with van der Waals surface area (Å²) in [6.07, 6.45) is 0. The summed E-state index contributed by atoms with van der Waals surface area (Å²) in [5, 5.41) is 18.8. The fraction of sp³-hybridized carbons (Fsp3) is 0.0714. The molecule has 0 saturated heterocycles.